The number of carbonyl (C=O) groups is 2. The van der Waals surface area contributed by atoms with Gasteiger partial charge in [0.2, 0.25) is 5.91 Å². The predicted octanol–water partition coefficient (Wildman–Crippen LogP) is 1.81. The zero-order chi connectivity index (χ0) is 14.3. The van der Waals surface area contributed by atoms with Crippen LogP contribution in [0.25, 0.3) is 0 Å². The molecule has 5 nitrogen and oxygen atoms in total. The average Bonchev–Trinajstić information content (AvgIpc) is 2.43. The number of carbonyl (C=O) groups excluding carboxylic acids is 1. The molecule has 1 heterocycles. The van der Waals surface area contributed by atoms with E-state index in [1.54, 1.807) is 0 Å². The summed E-state index contributed by atoms with van der Waals surface area (Å²) in [5.74, 6) is -0.932. The van der Waals surface area contributed by atoms with Crippen LogP contribution in [0.1, 0.15) is 46.0 Å². The Balaban J connectivity index is 2.47. The molecule has 1 unspecified atom stereocenters. The predicted molar refractivity (Wildman–Crippen MR) is 71.8 cm³/mol. The fourth-order valence-corrected chi connectivity index (χ4v) is 2.40. The van der Waals surface area contributed by atoms with Gasteiger partial charge in [-0.2, -0.15) is 0 Å². The van der Waals surface area contributed by atoms with Gasteiger partial charge in [-0.1, -0.05) is 26.7 Å². The van der Waals surface area contributed by atoms with Crippen molar-refractivity contribution in [2.24, 2.45) is 11.8 Å². The first-order valence-electron chi connectivity index (χ1n) is 7.17. The maximum Gasteiger partial charge on any atom is 0.326 e. The van der Waals surface area contributed by atoms with Crippen LogP contribution >= 0.6 is 0 Å². The number of aliphatic carboxylic acids is 1. The zero-order valence-corrected chi connectivity index (χ0v) is 11.9. The van der Waals surface area contributed by atoms with Crippen molar-refractivity contribution in [3.8, 4) is 0 Å². The second-order valence-corrected chi connectivity index (χ2v) is 5.28. The number of ether oxygens (including phenoxy) is 1. The zero-order valence-electron chi connectivity index (χ0n) is 11.9. The maximum absolute atomic E-state index is 12.1. The van der Waals surface area contributed by atoms with E-state index in [9.17, 15) is 9.59 Å². The Hall–Kier alpha value is -1.10. The van der Waals surface area contributed by atoms with E-state index in [0.29, 0.717) is 25.6 Å². The molecule has 1 aliphatic rings. The molecule has 2 atom stereocenters. The van der Waals surface area contributed by atoms with Gasteiger partial charge in [-0.25, -0.2) is 4.79 Å². The molecule has 1 saturated heterocycles. The van der Waals surface area contributed by atoms with Crippen LogP contribution in [-0.2, 0) is 14.3 Å². The Bertz CT molecular complexity index is 300. The van der Waals surface area contributed by atoms with E-state index < -0.39 is 12.0 Å². The van der Waals surface area contributed by atoms with Crippen LogP contribution in [0.2, 0.25) is 0 Å². The van der Waals surface area contributed by atoms with Gasteiger partial charge in [0.1, 0.15) is 6.04 Å². The Labute approximate surface area is 114 Å². The molecule has 5 heteroatoms. The van der Waals surface area contributed by atoms with Crippen LogP contribution in [-0.4, -0.2) is 36.2 Å². The van der Waals surface area contributed by atoms with Crippen molar-refractivity contribution in [3.63, 3.8) is 0 Å². The molecule has 1 aliphatic heterocycles. The van der Waals surface area contributed by atoms with Crippen LogP contribution in [0.3, 0.4) is 0 Å². The van der Waals surface area contributed by atoms with E-state index in [2.05, 4.69) is 5.32 Å². The van der Waals surface area contributed by atoms with Gasteiger partial charge in [0.15, 0.2) is 0 Å². The number of carboxylic acid groups (broad SMARTS) is 1. The lowest BCUT2D eigenvalue weighted by atomic mass is 9.86. The molecule has 2 N–H and O–H groups in total. The van der Waals surface area contributed by atoms with Crippen LogP contribution in [0.15, 0.2) is 0 Å². The molecule has 0 aromatic carbocycles. The molecule has 1 rings (SSSR count). The maximum atomic E-state index is 12.1. The van der Waals surface area contributed by atoms with E-state index in [4.69, 9.17) is 9.84 Å². The van der Waals surface area contributed by atoms with Crippen LogP contribution in [0.4, 0.5) is 0 Å². The van der Waals surface area contributed by atoms with Gasteiger partial charge >= 0.3 is 5.97 Å². The molecule has 19 heavy (non-hydrogen) atoms. The van der Waals surface area contributed by atoms with E-state index >= 15 is 0 Å². The quantitative estimate of drug-likeness (QED) is 0.740. The molecule has 0 bridgehead atoms. The summed E-state index contributed by atoms with van der Waals surface area (Å²) >= 11 is 0. The molecule has 0 radical (unpaired) electrons. The lowest BCUT2D eigenvalue weighted by molar-refractivity contribution is -0.143. The van der Waals surface area contributed by atoms with E-state index in [1.165, 1.54) is 0 Å². The second-order valence-electron chi connectivity index (χ2n) is 5.28. The highest BCUT2D eigenvalue weighted by molar-refractivity contribution is 5.84. The molecular weight excluding hydrogens is 246 g/mol. The molecule has 0 aromatic heterocycles. The molecule has 0 aliphatic carbocycles. The van der Waals surface area contributed by atoms with Crippen molar-refractivity contribution in [3.05, 3.63) is 0 Å². The van der Waals surface area contributed by atoms with Crippen LogP contribution in [0.5, 0.6) is 0 Å². The van der Waals surface area contributed by atoms with Crippen molar-refractivity contribution < 1.29 is 19.4 Å². The van der Waals surface area contributed by atoms with E-state index in [0.717, 1.165) is 25.7 Å². The first kappa shape index (κ1) is 16.0. The third-order valence-electron chi connectivity index (χ3n) is 3.85. The third-order valence-corrected chi connectivity index (χ3v) is 3.85. The Morgan fingerprint density at radius 3 is 2.53 bits per heavy atom. The number of nitrogens with one attached hydrogen (secondary N) is 1. The molecule has 0 saturated carbocycles. The normalized spacial score (nSPS) is 19.7. The molecule has 110 valence electrons. The second kappa shape index (κ2) is 8.15. The van der Waals surface area contributed by atoms with Gasteiger partial charge in [-0.05, 0) is 25.2 Å². The fraction of sp³-hybridized carbons (Fsp3) is 0.857. The average molecular weight is 271 g/mol. The summed E-state index contributed by atoms with van der Waals surface area (Å²) in [5.41, 5.74) is 0. The smallest absolute Gasteiger partial charge is 0.326 e. The summed E-state index contributed by atoms with van der Waals surface area (Å²) in [6.45, 7) is 5.27. The first-order valence-corrected chi connectivity index (χ1v) is 7.17. The Kier molecular flexibility index (Phi) is 6.84. The number of unbranched alkanes of at least 4 members (excludes halogenated alkanes) is 1. The third kappa shape index (κ3) is 5.19. The van der Waals surface area contributed by atoms with Gasteiger partial charge in [0.25, 0.3) is 0 Å². The monoisotopic (exact) mass is 271 g/mol. The van der Waals surface area contributed by atoms with Gasteiger partial charge in [0, 0.05) is 19.1 Å². The van der Waals surface area contributed by atoms with Crippen molar-refractivity contribution in [1.82, 2.24) is 5.32 Å². The van der Waals surface area contributed by atoms with Crippen molar-refractivity contribution in [2.45, 2.75) is 52.0 Å². The molecule has 1 fully saturated rings. The van der Waals surface area contributed by atoms with Gasteiger partial charge in [-0.3, -0.25) is 4.79 Å². The highest BCUT2D eigenvalue weighted by atomic mass is 16.5. The first-order chi connectivity index (χ1) is 9.06. The minimum atomic E-state index is -0.944. The van der Waals surface area contributed by atoms with Gasteiger partial charge in [-0.15, -0.1) is 0 Å². The highest BCUT2D eigenvalue weighted by Gasteiger charge is 2.28. The summed E-state index contributed by atoms with van der Waals surface area (Å²) in [7, 11) is 0. The fourth-order valence-electron chi connectivity index (χ4n) is 2.40. The van der Waals surface area contributed by atoms with Crippen molar-refractivity contribution >= 4 is 11.9 Å². The van der Waals surface area contributed by atoms with Crippen LogP contribution in [0, 0.1) is 11.8 Å². The largest absolute Gasteiger partial charge is 0.480 e. The van der Waals surface area contributed by atoms with Crippen molar-refractivity contribution in [1.29, 1.82) is 0 Å². The summed E-state index contributed by atoms with van der Waals surface area (Å²) in [5, 5.41) is 11.8. The standard InChI is InChI=1S/C14H25NO4/c1-3-4-5-12(14(17)18)15-13(16)10(2)11-6-8-19-9-7-11/h10-12H,3-9H2,1-2H3,(H,15,16)(H,17,18)/t10?,12-/m0/s1. The lowest BCUT2D eigenvalue weighted by Gasteiger charge is -2.28. The number of hydrogen-bond acceptors (Lipinski definition) is 3. The lowest BCUT2D eigenvalue weighted by Crippen LogP contribution is -2.45. The minimum absolute atomic E-state index is 0.143. The minimum Gasteiger partial charge on any atom is -0.480 e. The molecular formula is C14H25NO4. The number of amides is 1. The summed E-state index contributed by atoms with van der Waals surface area (Å²) < 4.78 is 5.28. The van der Waals surface area contributed by atoms with Crippen molar-refractivity contribution in [2.75, 3.05) is 13.2 Å². The number of rotatable bonds is 7. The molecule has 0 spiro atoms. The molecule has 1 amide bonds. The highest BCUT2D eigenvalue weighted by Crippen LogP contribution is 2.23. The van der Waals surface area contributed by atoms with Gasteiger partial charge < -0.3 is 15.2 Å². The van der Waals surface area contributed by atoms with Gasteiger partial charge in [0.05, 0.1) is 0 Å². The summed E-state index contributed by atoms with van der Waals surface area (Å²) in [6, 6.07) is -0.755. The van der Waals surface area contributed by atoms with Crippen LogP contribution < -0.4 is 5.32 Å². The number of hydrogen-bond donors (Lipinski definition) is 2. The molecule has 0 aromatic rings. The van der Waals surface area contributed by atoms with E-state index in [1.807, 2.05) is 13.8 Å². The van der Waals surface area contributed by atoms with E-state index in [-0.39, 0.29) is 11.8 Å². The Morgan fingerprint density at radius 1 is 1.37 bits per heavy atom. The topological polar surface area (TPSA) is 75.6 Å². The summed E-state index contributed by atoms with van der Waals surface area (Å²) in [4.78, 5) is 23.2. The SMILES string of the molecule is CCCC[C@H](NC(=O)C(C)C1CCOCC1)C(=O)O. The summed E-state index contributed by atoms with van der Waals surface area (Å²) in [6.07, 6.45) is 3.98. The Morgan fingerprint density at radius 2 is 2.00 bits per heavy atom. The number of carboxylic acids is 1.